The van der Waals surface area contributed by atoms with Gasteiger partial charge in [-0.05, 0) is 52.1 Å². The average molecular weight is 360 g/mol. The van der Waals surface area contributed by atoms with Gasteiger partial charge in [0.2, 0.25) is 0 Å². The molecule has 1 N–H and O–H groups in total. The van der Waals surface area contributed by atoms with Crippen LogP contribution in [0.5, 0.6) is 0 Å². The maximum absolute atomic E-state index is 12.7. The number of carbonyl (C=O) groups excluding carboxylic acids is 1. The number of rotatable bonds is 10. The van der Waals surface area contributed by atoms with Crippen molar-refractivity contribution in [2.24, 2.45) is 11.8 Å². The van der Waals surface area contributed by atoms with Crippen LogP contribution in [0.15, 0.2) is 35.9 Å². The van der Waals surface area contributed by atoms with Crippen LogP contribution in [-0.2, 0) is 4.79 Å². The number of aliphatic hydroxyl groups is 1. The highest BCUT2D eigenvalue weighted by Gasteiger charge is 2.35. The van der Waals surface area contributed by atoms with Crippen molar-refractivity contribution in [3.8, 4) is 0 Å². The fraction of sp³-hybridized carbons (Fsp3) is 0.609. The van der Waals surface area contributed by atoms with Gasteiger partial charge in [-0.3, -0.25) is 9.69 Å². The summed E-state index contributed by atoms with van der Waals surface area (Å²) in [6, 6.07) is 10.0. The van der Waals surface area contributed by atoms with Crippen molar-refractivity contribution in [3.05, 3.63) is 41.5 Å². The Labute approximate surface area is 160 Å². The zero-order valence-corrected chi connectivity index (χ0v) is 17.6. The van der Waals surface area contributed by atoms with E-state index in [9.17, 15) is 9.90 Å². The summed E-state index contributed by atoms with van der Waals surface area (Å²) in [5.74, 6) is 0.0999. The van der Waals surface area contributed by atoms with Crippen LogP contribution in [0.25, 0.3) is 6.08 Å². The van der Waals surface area contributed by atoms with Crippen LogP contribution in [0, 0.1) is 11.8 Å². The zero-order valence-electron chi connectivity index (χ0n) is 17.6. The number of Topliss-reactive ketones (excluding diaryl/α,β-unsaturated/α-hetero) is 1. The first-order chi connectivity index (χ1) is 12.1. The van der Waals surface area contributed by atoms with Gasteiger partial charge < -0.3 is 5.11 Å². The summed E-state index contributed by atoms with van der Waals surface area (Å²) in [6.07, 6.45) is 3.32. The van der Waals surface area contributed by atoms with E-state index in [1.807, 2.05) is 44.0 Å². The molecule has 0 aliphatic carbocycles. The molecule has 0 saturated heterocycles. The maximum Gasteiger partial charge on any atom is 0.155 e. The van der Waals surface area contributed by atoms with Crippen molar-refractivity contribution in [3.63, 3.8) is 0 Å². The van der Waals surface area contributed by atoms with Crippen molar-refractivity contribution in [1.82, 2.24) is 4.90 Å². The number of likely N-dealkylation sites (N-methyl/N-ethyl adjacent to an activating group) is 1. The lowest BCUT2D eigenvalue weighted by Gasteiger charge is -2.37. The van der Waals surface area contributed by atoms with Gasteiger partial charge in [-0.15, -0.1) is 0 Å². The fourth-order valence-corrected chi connectivity index (χ4v) is 3.12. The summed E-state index contributed by atoms with van der Waals surface area (Å²) in [6.45, 7) is 12.1. The molecule has 0 aliphatic rings. The van der Waals surface area contributed by atoms with Gasteiger partial charge in [0.05, 0.1) is 12.1 Å². The van der Waals surface area contributed by atoms with Crippen LogP contribution < -0.4 is 0 Å². The highest BCUT2D eigenvalue weighted by molar-refractivity contribution is 5.86. The van der Waals surface area contributed by atoms with E-state index >= 15 is 0 Å². The summed E-state index contributed by atoms with van der Waals surface area (Å²) >= 11 is 0. The van der Waals surface area contributed by atoms with Crippen molar-refractivity contribution in [2.45, 2.75) is 72.6 Å². The third kappa shape index (κ3) is 6.69. The third-order valence-electron chi connectivity index (χ3n) is 5.23. The molecule has 1 rings (SSSR count). The van der Waals surface area contributed by atoms with Crippen molar-refractivity contribution < 1.29 is 9.90 Å². The first kappa shape index (κ1) is 22.6. The maximum atomic E-state index is 12.7. The lowest BCUT2D eigenvalue weighted by molar-refractivity contribution is -0.133. The Bertz CT molecular complexity index is 577. The first-order valence-electron chi connectivity index (χ1n) is 9.81. The van der Waals surface area contributed by atoms with Crippen LogP contribution in [0.2, 0.25) is 0 Å². The molecule has 3 heteroatoms. The minimum Gasteiger partial charge on any atom is -0.391 e. The Kier molecular flexibility index (Phi) is 9.24. The summed E-state index contributed by atoms with van der Waals surface area (Å²) < 4.78 is 0. The normalized spacial score (nSPS) is 16.2. The minimum absolute atomic E-state index is 0.0584. The van der Waals surface area contributed by atoms with E-state index in [-0.39, 0.29) is 23.7 Å². The Hall–Kier alpha value is -1.45. The second-order valence-electron chi connectivity index (χ2n) is 8.17. The van der Waals surface area contributed by atoms with Crippen LogP contribution in [0.1, 0.15) is 59.9 Å². The average Bonchev–Trinajstić information content (AvgIpc) is 2.60. The molecule has 1 aromatic carbocycles. The highest BCUT2D eigenvalue weighted by atomic mass is 16.3. The smallest absolute Gasteiger partial charge is 0.155 e. The number of ketones is 1. The molecule has 1 aromatic rings. The molecule has 0 bridgehead atoms. The predicted molar refractivity (Wildman–Crippen MR) is 111 cm³/mol. The van der Waals surface area contributed by atoms with E-state index < -0.39 is 12.1 Å². The number of hydrogen-bond donors (Lipinski definition) is 1. The van der Waals surface area contributed by atoms with E-state index in [1.54, 1.807) is 0 Å². The minimum atomic E-state index is -0.651. The molecule has 0 spiro atoms. The summed E-state index contributed by atoms with van der Waals surface area (Å²) in [5, 5.41) is 10.9. The zero-order chi connectivity index (χ0) is 19.9. The number of carbonyl (C=O) groups is 1. The van der Waals surface area contributed by atoms with Crippen LogP contribution in [-0.4, -0.2) is 41.0 Å². The Morgan fingerprint density at radius 3 is 2.19 bits per heavy atom. The standard InChI is InChI=1S/C23H37NO2/c1-16(2)22(25)21(24(7)17(3)4)23(26)19(6)14-13-18(5)15-20-11-9-8-10-12-20/h8-12,15-17,19,21,23,26H,13-14H2,1-7H3/b18-15-/t19-,21-,23-/m1/s1. The number of nitrogens with zero attached hydrogens (tertiary/aromatic N) is 1. The monoisotopic (exact) mass is 359 g/mol. The van der Waals surface area contributed by atoms with Crippen LogP contribution in [0.4, 0.5) is 0 Å². The second kappa shape index (κ2) is 10.6. The van der Waals surface area contributed by atoms with Crippen molar-refractivity contribution >= 4 is 11.9 Å². The molecule has 0 heterocycles. The number of aliphatic hydroxyl groups excluding tert-OH is 1. The van der Waals surface area contributed by atoms with Gasteiger partial charge in [-0.2, -0.15) is 0 Å². The fourth-order valence-electron chi connectivity index (χ4n) is 3.12. The molecule has 0 unspecified atom stereocenters. The van der Waals surface area contributed by atoms with E-state index in [4.69, 9.17) is 0 Å². The summed E-state index contributed by atoms with van der Waals surface area (Å²) in [5.41, 5.74) is 2.49. The molecular formula is C23H37NO2. The number of benzene rings is 1. The van der Waals surface area contributed by atoms with Gasteiger partial charge >= 0.3 is 0 Å². The largest absolute Gasteiger partial charge is 0.391 e. The van der Waals surface area contributed by atoms with E-state index in [0.29, 0.717) is 0 Å². The van der Waals surface area contributed by atoms with Gasteiger partial charge in [-0.1, -0.05) is 62.8 Å². The Balaban J connectivity index is 2.77. The first-order valence-corrected chi connectivity index (χ1v) is 9.81. The molecule has 0 radical (unpaired) electrons. The Morgan fingerprint density at radius 2 is 1.69 bits per heavy atom. The van der Waals surface area contributed by atoms with Gasteiger partial charge in [0.1, 0.15) is 0 Å². The predicted octanol–water partition coefficient (Wildman–Crippen LogP) is 4.80. The van der Waals surface area contributed by atoms with Gasteiger partial charge in [0, 0.05) is 12.0 Å². The molecule has 0 aliphatic heterocycles. The van der Waals surface area contributed by atoms with E-state index in [0.717, 1.165) is 12.8 Å². The van der Waals surface area contributed by atoms with Gasteiger partial charge in [-0.25, -0.2) is 0 Å². The lowest BCUT2D eigenvalue weighted by atomic mass is 9.86. The molecule has 0 fully saturated rings. The highest BCUT2D eigenvalue weighted by Crippen LogP contribution is 2.23. The SMILES string of the molecule is C/C(=C/c1ccccc1)CC[C@@H](C)[C@@H](O)[C@@H](C(=O)C(C)C)N(C)C(C)C. The van der Waals surface area contributed by atoms with Gasteiger partial charge in [0.25, 0.3) is 0 Å². The van der Waals surface area contributed by atoms with Crippen LogP contribution in [0.3, 0.4) is 0 Å². The van der Waals surface area contributed by atoms with Crippen molar-refractivity contribution in [1.29, 1.82) is 0 Å². The topological polar surface area (TPSA) is 40.5 Å². The van der Waals surface area contributed by atoms with Crippen LogP contribution >= 0.6 is 0 Å². The lowest BCUT2D eigenvalue weighted by Crippen LogP contribution is -2.53. The third-order valence-corrected chi connectivity index (χ3v) is 5.23. The van der Waals surface area contributed by atoms with E-state index in [1.165, 1.54) is 11.1 Å². The summed E-state index contributed by atoms with van der Waals surface area (Å²) in [7, 11) is 1.94. The quantitative estimate of drug-likeness (QED) is 0.652. The molecule has 0 aromatic heterocycles. The molecule has 26 heavy (non-hydrogen) atoms. The second-order valence-corrected chi connectivity index (χ2v) is 8.17. The van der Waals surface area contributed by atoms with E-state index in [2.05, 4.69) is 45.9 Å². The van der Waals surface area contributed by atoms with Gasteiger partial charge in [0.15, 0.2) is 5.78 Å². The molecule has 146 valence electrons. The molecule has 3 nitrogen and oxygen atoms in total. The number of hydrogen-bond acceptors (Lipinski definition) is 3. The van der Waals surface area contributed by atoms with Crippen molar-refractivity contribution in [2.75, 3.05) is 7.05 Å². The molecular weight excluding hydrogens is 322 g/mol. The molecule has 0 amide bonds. The Morgan fingerprint density at radius 1 is 1.12 bits per heavy atom. The number of allylic oxidation sites excluding steroid dienone is 1. The molecule has 3 atom stereocenters. The summed E-state index contributed by atoms with van der Waals surface area (Å²) in [4.78, 5) is 14.7. The molecule has 0 saturated carbocycles.